The van der Waals surface area contributed by atoms with Crippen molar-refractivity contribution in [1.29, 1.82) is 5.26 Å². The molecule has 1 N–H and O–H groups in total. The van der Waals surface area contributed by atoms with Gasteiger partial charge in [-0.2, -0.15) is 15.5 Å². The van der Waals surface area contributed by atoms with Crippen LogP contribution < -0.4 is 19.8 Å². The van der Waals surface area contributed by atoms with Crippen molar-refractivity contribution in [3.05, 3.63) is 47.5 Å². The normalized spacial score (nSPS) is 14.3. The standard InChI is InChI=1S/C29H36FN7O5S/c1-17(2)34-26(38)29(6,7)36-27(39)35(25-23(42-36)18(3)24(43-25)37-32-11-12-33-37)14-22(41-16-28(4,5)15-31)20-13-19(30)9-10-21(20)40-8/h9-13,17,22H,14,16H2,1-8H3,(H,34,38). The van der Waals surface area contributed by atoms with Gasteiger partial charge in [-0.25, -0.2) is 9.18 Å². The van der Waals surface area contributed by atoms with Crippen LogP contribution in [-0.4, -0.2) is 63.8 Å². The van der Waals surface area contributed by atoms with E-state index < -0.39 is 34.8 Å². The van der Waals surface area contributed by atoms with Crippen LogP contribution in [0.5, 0.6) is 11.5 Å². The number of hydroxylamine groups is 2. The van der Waals surface area contributed by atoms with Gasteiger partial charge in [0, 0.05) is 17.2 Å². The molecule has 230 valence electrons. The number of aromatic nitrogens is 3. The van der Waals surface area contributed by atoms with Crippen molar-refractivity contribution in [3.8, 4) is 22.6 Å². The fourth-order valence-corrected chi connectivity index (χ4v) is 5.50. The van der Waals surface area contributed by atoms with Crippen LogP contribution in [0.3, 0.4) is 0 Å². The Labute approximate surface area is 253 Å². The molecule has 0 saturated carbocycles. The first-order valence-electron chi connectivity index (χ1n) is 13.7. The van der Waals surface area contributed by atoms with Crippen molar-refractivity contribution in [2.45, 2.75) is 66.2 Å². The third-order valence-electron chi connectivity index (χ3n) is 6.80. The number of hydrogen-bond donors (Lipinski definition) is 1. The van der Waals surface area contributed by atoms with E-state index >= 15 is 0 Å². The number of methoxy groups -OCH3 is 1. The topological polar surface area (TPSA) is 135 Å². The monoisotopic (exact) mass is 613 g/mol. The largest absolute Gasteiger partial charge is 0.496 e. The van der Waals surface area contributed by atoms with E-state index in [0.29, 0.717) is 32.6 Å². The van der Waals surface area contributed by atoms with Crippen molar-refractivity contribution >= 4 is 28.3 Å². The molecule has 43 heavy (non-hydrogen) atoms. The highest BCUT2D eigenvalue weighted by Gasteiger charge is 2.48. The maximum Gasteiger partial charge on any atom is 0.359 e. The molecule has 1 aliphatic heterocycles. The molecular formula is C29H36FN7O5S. The van der Waals surface area contributed by atoms with Crippen LogP contribution in [0.25, 0.3) is 5.00 Å². The van der Waals surface area contributed by atoms with Gasteiger partial charge in [-0.1, -0.05) is 11.3 Å². The molecular weight excluding hydrogens is 577 g/mol. The Bertz CT molecular complexity index is 1530. The van der Waals surface area contributed by atoms with E-state index in [9.17, 15) is 19.2 Å². The van der Waals surface area contributed by atoms with Gasteiger partial charge in [-0.3, -0.25) is 9.69 Å². The highest BCUT2D eigenvalue weighted by atomic mass is 32.1. The Morgan fingerprint density at radius 1 is 1.21 bits per heavy atom. The lowest BCUT2D eigenvalue weighted by atomic mass is 9.97. The van der Waals surface area contributed by atoms with Crippen molar-refractivity contribution in [2.75, 3.05) is 25.2 Å². The summed E-state index contributed by atoms with van der Waals surface area (Å²) in [5.74, 6) is -0.259. The van der Waals surface area contributed by atoms with Crippen LogP contribution >= 0.6 is 11.3 Å². The smallest absolute Gasteiger partial charge is 0.359 e. The van der Waals surface area contributed by atoms with Crippen molar-refractivity contribution in [1.82, 2.24) is 25.4 Å². The van der Waals surface area contributed by atoms with E-state index in [1.165, 1.54) is 58.7 Å². The molecule has 2 aromatic heterocycles. The second-order valence-electron chi connectivity index (χ2n) is 11.6. The van der Waals surface area contributed by atoms with Gasteiger partial charge in [-0.15, -0.1) is 9.86 Å². The number of benzene rings is 1. The fourth-order valence-electron chi connectivity index (χ4n) is 4.35. The third-order valence-corrected chi connectivity index (χ3v) is 8.06. The molecule has 1 aromatic carbocycles. The van der Waals surface area contributed by atoms with E-state index in [0.717, 1.165) is 5.06 Å². The number of nitrogens with zero attached hydrogens (tertiary/aromatic N) is 6. The Hall–Kier alpha value is -4.22. The number of nitrogens with one attached hydrogen (secondary N) is 1. The van der Waals surface area contributed by atoms with Gasteiger partial charge in [-0.05, 0) is 66.7 Å². The first-order chi connectivity index (χ1) is 20.2. The number of amides is 3. The average Bonchev–Trinajstić information content (AvgIpc) is 3.59. The van der Waals surface area contributed by atoms with E-state index in [4.69, 9.17) is 14.3 Å². The minimum Gasteiger partial charge on any atom is -0.496 e. The van der Waals surface area contributed by atoms with E-state index in [1.54, 1.807) is 34.6 Å². The Kier molecular flexibility index (Phi) is 8.98. The van der Waals surface area contributed by atoms with Crippen LogP contribution in [-0.2, 0) is 9.53 Å². The minimum atomic E-state index is -1.44. The van der Waals surface area contributed by atoms with Gasteiger partial charge >= 0.3 is 6.03 Å². The summed E-state index contributed by atoms with van der Waals surface area (Å²) in [5.41, 5.74) is -1.32. The second-order valence-corrected chi connectivity index (χ2v) is 12.6. The number of thiophene rings is 1. The lowest BCUT2D eigenvalue weighted by Gasteiger charge is -2.42. The predicted molar refractivity (Wildman–Crippen MR) is 158 cm³/mol. The fraction of sp³-hybridized carbons (Fsp3) is 0.483. The molecule has 12 nitrogen and oxygen atoms in total. The molecule has 0 saturated heterocycles. The summed E-state index contributed by atoms with van der Waals surface area (Å²) < 4.78 is 26.3. The number of urea groups is 1. The van der Waals surface area contributed by atoms with Gasteiger partial charge in [0.05, 0.1) is 44.1 Å². The quantitative estimate of drug-likeness (QED) is 0.322. The zero-order valence-corrected chi connectivity index (χ0v) is 26.3. The summed E-state index contributed by atoms with van der Waals surface area (Å²) in [6, 6.07) is 5.41. The molecule has 3 aromatic rings. The zero-order chi connectivity index (χ0) is 31.7. The molecule has 1 aliphatic rings. The predicted octanol–water partition coefficient (Wildman–Crippen LogP) is 4.93. The molecule has 3 heterocycles. The molecule has 0 fully saturated rings. The molecule has 0 aliphatic carbocycles. The average molecular weight is 614 g/mol. The molecule has 3 amide bonds. The van der Waals surface area contributed by atoms with Gasteiger partial charge in [0.25, 0.3) is 0 Å². The molecule has 4 rings (SSSR count). The summed E-state index contributed by atoms with van der Waals surface area (Å²) in [7, 11) is 1.45. The maximum atomic E-state index is 14.6. The van der Waals surface area contributed by atoms with Gasteiger partial charge in [0.1, 0.15) is 27.7 Å². The number of nitriles is 1. The summed E-state index contributed by atoms with van der Waals surface area (Å²) in [6.45, 7) is 11.9. The molecule has 14 heteroatoms. The molecule has 0 radical (unpaired) electrons. The number of carbonyl (C=O) groups is 2. The first kappa shape index (κ1) is 31.7. The first-order valence-corrected chi connectivity index (χ1v) is 14.5. The van der Waals surface area contributed by atoms with Gasteiger partial charge < -0.3 is 19.6 Å². The van der Waals surface area contributed by atoms with Crippen LogP contribution in [0.1, 0.15) is 58.8 Å². The van der Waals surface area contributed by atoms with Crippen LogP contribution in [0.15, 0.2) is 30.6 Å². The molecule has 1 atom stereocenters. The van der Waals surface area contributed by atoms with Crippen molar-refractivity contribution in [2.24, 2.45) is 5.41 Å². The maximum absolute atomic E-state index is 14.6. The Morgan fingerprint density at radius 3 is 2.49 bits per heavy atom. The zero-order valence-electron chi connectivity index (χ0n) is 25.5. The van der Waals surface area contributed by atoms with Gasteiger partial charge in [0.2, 0.25) is 5.91 Å². The molecule has 0 spiro atoms. The number of carbonyl (C=O) groups excluding carboxylic acids is 2. The number of fused-ring (bicyclic) bond motifs is 1. The second kappa shape index (κ2) is 12.2. The molecule has 1 unspecified atom stereocenters. The summed E-state index contributed by atoms with van der Waals surface area (Å²) >= 11 is 1.22. The summed E-state index contributed by atoms with van der Waals surface area (Å²) in [5, 5.41) is 23.0. The summed E-state index contributed by atoms with van der Waals surface area (Å²) in [6.07, 6.45) is 2.13. The number of anilines is 1. The van der Waals surface area contributed by atoms with Crippen molar-refractivity contribution in [3.63, 3.8) is 0 Å². The Morgan fingerprint density at radius 2 is 1.88 bits per heavy atom. The SMILES string of the molecule is COc1ccc(F)cc1C(CN1C(=O)N(C(C)(C)C(=O)NC(C)C)Oc2c1sc(-n1nccn1)c2C)OCC(C)(C)C#N. The van der Waals surface area contributed by atoms with E-state index in [-0.39, 0.29) is 19.2 Å². The van der Waals surface area contributed by atoms with Crippen LogP contribution in [0.2, 0.25) is 0 Å². The number of ether oxygens (including phenoxy) is 2. The number of hydrogen-bond acceptors (Lipinski definition) is 9. The number of halogens is 1. The lowest BCUT2D eigenvalue weighted by Crippen LogP contribution is -2.63. The highest BCUT2D eigenvalue weighted by molar-refractivity contribution is 7.19. The van der Waals surface area contributed by atoms with Crippen LogP contribution in [0.4, 0.5) is 14.2 Å². The van der Waals surface area contributed by atoms with Gasteiger partial charge in [0.15, 0.2) is 11.3 Å². The molecule has 0 bridgehead atoms. The highest BCUT2D eigenvalue weighted by Crippen LogP contribution is 2.49. The van der Waals surface area contributed by atoms with E-state index in [2.05, 4.69) is 21.6 Å². The van der Waals surface area contributed by atoms with Crippen LogP contribution in [0, 0.1) is 29.5 Å². The third kappa shape index (κ3) is 6.42. The summed E-state index contributed by atoms with van der Waals surface area (Å²) in [4.78, 5) is 36.6. The van der Waals surface area contributed by atoms with Crippen molar-refractivity contribution < 1.29 is 28.3 Å². The van der Waals surface area contributed by atoms with E-state index in [1.807, 2.05) is 13.8 Å². The Balaban J connectivity index is 1.85. The number of rotatable bonds is 11. The minimum absolute atomic E-state index is 0.0167. The lowest BCUT2D eigenvalue weighted by molar-refractivity contribution is -0.148.